The lowest BCUT2D eigenvalue weighted by atomic mass is 10.4. The van der Waals surface area contributed by atoms with Gasteiger partial charge in [0.15, 0.2) is 0 Å². The van der Waals surface area contributed by atoms with Gasteiger partial charge < -0.3 is 5.32 Å². The zero-order chi connectivity index (χ0) is 5.54. The number of hydrogen-bond donors (Lipinski definition) is 3. The van der Waals surface area contributed by atoms with Gasteiger partial charge in [0.25, 0.3) is 0 Å². The number of nitrogens with two attached hydrogens (primary N) is 1. The molecule has 0 aromatic carbocycles. The third kappa shape index (κ3) is 5.88. The van der Waals surface area contributed by atoms with Gasteiger partial charge >= 0.3 is 0 Å². The van der Waals surface area contributed by atoms with Crippen LogP contribution in [0.25, 0.3) is 0 Å². The summed E-state index contributed by atoms with van der Waals surface area (Å²) in [5, 5.41) is 3.01. The first kappa shape index (κ1) is 6.88. The average molecular weight is 103 g/mol. The zero-order valence-corrected chi connectivity index (χ0v) is 4.70. The monoisotopic (exact) mass is 103 g/mol. The van der Waals surface area contributed by atoms with E-state index in [9.17, 15) is 0 Å². The summed E-state index contributed by atoms with van der Waals surface area (Å²) in [5.74, 6) is 4.99. The van der Waals surface area contributed by atoms with Gasteiger partial charge in [-0.3, -0.25) is 11.3 Å². The van der Waals surface area contributed by atoms with Gasteiger partial charge in [0.05, 0.1) is 0 Å². The molecule has 0 atom stereocenters. The Bertz CT molecular complexity index is 26.1. The van der Waals surface area contributed by atoms with Crippen LogP contribution in [0.4, 0.5) is 0 Å². The second kappa shape index (κ2) is 5.88. The largest absolute Gasteiger partial charge is 0.320 e. The van der Waals surface area contributed by atoms with Gasteiger partial charge in [-0.15, -0.1) is 0 Å². The first-order chi connectivity index (χ1) is 3.41. The summed E-state index contributed by atoms with van der Waals surface area (Å²) in [6, 6.07) is 0. The highest BCUT2D eigenvalue weighted by atomic mass is 15.2. The van der Waals surface area contributed by atoms with Crippen molar-refractivity contribution in [2.45, 2.75) is 6.42 Å². The summed E-state index contributed by atoms with van der Waals surface area (Å²) in [5.41, 5.74) is 2.56. The molecule has 0 unspecified atom stereocenters. The maximum Gasteiger partial charge on any atom is 0.0109 e. The number of rotatable bonds is 4. The lowest BCUT2D eigenvalue weighted by Crippen LogP contribution is -2.25. The Morgan fingerprint density at radius 2 is 2.14 bits per heavy atom. The molecule has 3 heteroatoms. The van der Waals surface area contributed by atoms with Crippen LogP contribution in [0.5, 0.6) is 0 Å². The average Bonchev–Trinajstić information content (AvgIpc) is 1.69. The summed E-state index contributed by atoms with van der Waals surface area (Å²) >= 11 is 0. The Balaban J connectivity index is 2.45. The lowest BCUT2D eigenvalue weighted by Gasteiger charge is -1.95. The maximum atomic E-state index is 4.99. The first-order valence-electron chi connectivity index (χ1n) is 2.50. The van der Waals surface area contributed by atoms with Crippen LogP contribution in [0, 0.1) is 0 Å². The second-order valence-corrected chi connectivity index (χ2v) is 1.41. The Labute approximate surface area is 44.2 Å². The minimum Gasteiger partial charge on any atom is -0.320 e. The molecule has 7 heavy (non-hydrogen) atoms. The third-order valence-corrected chi connectivity index (χ3v) is 0.748. The van der Waals surface area contributed by atoms with Gasteiger partial charge in [0, 0.05) is 6.54 Å². The van der Waals surface area contributed by atoms with Crippen LogP contribution in [0.1, 0.15) is 6.42 Å². The van der Waals surface area contributed by atoms with Crippen LogP contribution < -0.4 is 16.6 Å². The van der Waals surface area contributed by atoms with Crippen LogP contribution in [-0.2, 0) is 0 Å². The summed E-state index contributed by atoms with van der Waals surface area (Å²) in [6.07, 6.45) is 1.09. The van der Waals surface area contributed by atoms with Gasteiger partial charge in [-0.1, -0.05) is 0 Å². The molecule has 0 heterocycles. The highest BCUT2D eigenvalue weighted by Gasteiger charge is 1.77. The second-order valence-electron chi connectivity index (χ2n) is 1.41. The van der Waals surface area contributed by atoms with E-state index in [1.54, 1.807) is 0 Å². The van der Waals surface area contributed by atoms with Gasteiger partial charge in [0.2, 0.25) is 0 Å². The predicted molar refractivity (Wildman–Crippen MR) is 30.7 cm³/mol. The fraction of sp³-hybridized carbons (Fsp3) is 1.00. The van der Waals surface area contributed by atoms with Crippen molar-refractivity contribution in [2.75, 3.05) is 20.1 Å². The molecule has 0 rings (SSSR count). The van der Waals surface area contributed by atoms with Crippen LogP contribution >= 0.6 is 0 Å². The molecule has 0 aromatic heterocycles. The van der Waals surface area contributed by atoms with E-state index in [2.05, 4.69) is 10.7 Å². The van der Waals surface area contributed by atoms with Crippen LogP contribution in [0.15, 0.2) is 0 Å². The Hall–Kier alpha value is -0.120. The summed E-state index contributed by atoms with van der Waals surface area (Å²) in [7, 11) is 1.93. The summed E-state index contributed by atoms with van der Waals surface area (Å²) < 4.78 is 0. The minimum atomic E-state index is 0.890. The minimum absolute atomic E-state index is 0.890. The highest BCUT2D eigenvalue weighted by molar-refractivity contribution is 4.40. The normalized spacial score (nSPS) is 9.43. The van der Waals surface area contributed by atoms with E-state index in [0.717, 1.165) is 19.5 Å². The van der Waals surface area contributed by atoms with Crippen LogP contribution in [0.2, 0.25) is 0 Å². The molecule has 0 aliphatic rings. The molecule has 0 radical (unpaired) electrons. The molecule has 0 fully saturated rings. The van der Waals surface area contributed by atoms with E-state index in [-0.39, 0.29) is 0 Å². The fourth-order valence-corrected chi connectivity index (χ4v) is 0.367. The topological polar surface area (TPSA) is 50.1 Å². The molecule has 0 aliphatic carbocycles. The van der Waals surface area contributed by atoms with E-state index in [1.165, 1.54) is 0 Å². The van der Waals surface area contributed by atoms with Crippen molar-refractivity contribution >= 4 is 0 Å². The van der Waals surface area contributed by atoms with Crippen molar-refractivity contribution < 1.29 is 0 Å². The molecule has 44 valence electrons. The maximum absolute atomic E-state index is 4.99. The van der Waals surface area contributed by atoms with E-state index in [0.29, 0.717) is 0 Å². The van der Waals surface area contributed by atoms with Crippen molar-refractivity contribution in [3.05, 3.63) is 0 Å². The lowest BCUT2D eigenvalue weighted by molar-refractivity contribution is 0.647. The molecule has 0 spiro atoms. The number of nitrogens with one attached hydrogen (secondary N) is 2. The van der Waals surface area contributed by atoms with Crippen LogP contribution in [-0.4, -0.2) is 20.1 Å². The highest BCUT2D eigenvalue weighted by Crippen LogP contribution is 1.65. The van der Waals surface area contributed by atoms with Crippen molar-refractivity contribution in [3.8, 4) is 0 Å². The molecule has 0 bridgehead atoms. The molecule has 0 saturated heterocycles. The Morgan fingerprint density at radius 1 is 1.43 bits per heavy atom. The molecule has 0 saturated carbocycles. The zero-order valence-electron chi connectivity index (χ0n) is 4.70. The molecule has 0 aliphatic heterocycles. The van der Waals surface area contributed by atoms with E-state index in [1.807, 2.05) is 7.05 Å². The van der Waals surface area contributed by atoms with Gasteiger partial charge in [0.1, 0.15) is 0 Å². The Morgan fingerprint density at radius 3 is 2.57 bits per heavy atom. The predicted octanol–water partition coefficient (Wildman–Crippen LogP) is -0.941. The fourth-order valence-electron chi connectivity index (χ4n) is 0.367. The quantitative estimate of drug-likeness (QED) is 0.244. The van der Waals surface area contributed by atoms with E-state index < -0.39 is 0 Å². The number of hydrazine groups is 1. The Kier molecular flexibility index (Phi) is 5.78. The molecular weight excluding hydrogens is 90.1 g/mol. The van der Waals surface area contributed by atoms with Crippen LogP contribution in [0.3, 0.4) is 0 Å². The molecule has 0 aromatic rings. The van der Waals surface area contributed by atoms with Crippen molar-refractivity contribution in [1.82, 2.24) is 10.7 Å². The molecule has 3 nitrogen and oxygen atoms in total. The SMILES string of the molecule is CNCCCNN. The summed E-state index contributed by atoms with van der Waals surface area (Å²) in [6.45, 7) is 1.92. The standard InChI is InChI=1S/C4H13N3/c1-6-3-2-4-7-5/h6-7H,2-5H2,1H3. The van der Waals surface area contributed by atoms with E-state index in [4.69, 9.17) is 5.84 Å². The smallest absolute Gasteiger partial charge is 0.0109 e. The van der Waals surface area contributed by atoms with Gasteiger partial charge in [-0.2, -0.15) is 0 Å². The molecule has 4 N–H and O–H groups in total. The molecular formula is C4H13N3. The number of hydrogen-bond acceptors (Lipinski definition) is 3. The van der Waals surface area contributed by atoms with Crippen molar-refractivity contribution in [1.29, 1.82) is 0 Å². The van der Waals surface area contributed by atoms with Crippen molar-refractivity contribution in [3.63, 3.8) is 0 Å². The molecule has 0 amide bonds. The summed E-state index contributed by atoms with van der Waals surface area (Å²) in [4.78, 5) is 0. The first-order valence-corrected chi connectivity index (χ1v) is 2.50. The third-order valence-electron chi connectivity index (χ3n) is 0.748. The van der Waals surface area contributed by atoms with Gasteiger partial charge in [-0.25, -0.2) is 0 Å². The van der Waals surface area contributed by atoms with Gasteiger partial charge in [-0.05, 0) is 20.0 Å². The van der Waals surface area contributed by atoms with Crippen molar-refractivity contribution in [2.24, 2.45) is 5.84 Å². The van der Waals surface area contributed by atoms with E-state index >= 15 is 0 Å².